The Hall–Kier alpha value is -2.54. The predicted molar refractivity (Wildman–Crippen MR) is 112 cm³/mol. The molecule has 7 heteroatoms. The second kappa shape index (κ2) is 7.37. The van der Waals surface area contributed by atoms with Gasteiger partial charge in [0.05, 0.1) is 25.2 Å². The van der Waals surface area contributed by atoms with E-state index in [1.807, 2.05) is 6.07 Å². The normalized spacial score (nSPS) is 20.6. The van der Waals surface area contributed by atoms with E-state index in [1.54, 1.807) is 33.3 Å². The number of methoxy groups -OCH3 is 2. The molecular weight excluding hydrogens is 436 g/mol. The number of urea groups is 1. The van der Waals surface area contributed by atoms with Crippen LogP contribution in [0.15, 0.2) is 34.8 Å². The van der Waals surface area contributed by atoms with Gasteiger partial charge in [-0.25, -0.2) is 4.79 Å². The fraction of sp³-hybridized carbons (Fsp3) is 0.364. The first-order valence-corrected chi connectivity index (χ1v) is 10.3. The van der Waals surface area contributed by atoms with E-state index < -0.39 is 11.6 Å². The molecule has 29 heavy (non-hydrogen) atoms. The molecule has 0 saturated carbocycles. The molecule has 0 radical (unpaired) electrons. The number of imide groups is 1. The molecule has 3 amide bonds. The van der Waals surface area contributed by atoms with Crippen molar-refractivity contribution < 1.29 is 19.1 Å². The summed E-state index contributed by atoms with van der Waals surface area (Å²) in [5.41, 5.74) is 3.02. The van der Waals surface area contributed by atoms with Crippen molar-refractivity contribution in [3.8, 4) is 11.5 Å². The van der Waals surface area contributed by atoms with E-state index in [-0.39, 0.29) is 12.5 Å². The monoisotopic (exact) mass is 458 g/mol. The van der Waals surface area contributed by atoms with Crippen molar-refractivity contribution in [2.75, 3.05) is 14.2 Å². The van der Waals surface area contributed by atoms with Crippen LogP contribution >= 0.6 is 15.9 Å². The molecule has 1 aliphatic carbocycles. The van der Waals surface area contributed by atoms with Crippen LogP contribution in [0.2, 0.25) is 0 Å². The third kappa shape index (κ3) is 3.27. The minimum absolute atomic E-state index is 0.0952. The minimum Gasteiger partial charge on any atom is -0.496 e. The number of carbonyl (C=O) groups excluding carboxylic acids is 2. The van der Waals surface area contributed by atoms with Crippen molar-refractivity contribution in [1.29, 1.82) is 0 Å². The maximum absolute atomic E-state index is 13.3. The standard InChI is InChI=1S/C22H23BrN2O4/c1-22(16-8-7-13-5-4-6-14(13)9-16)20(26)25(21(27)24-22)12-15-10-19(29-3)17(23)11-18(15)28-2/h7-11H,4-6,12H2,1-3H3,(H,24,27)/t22-/m0/s1. The van der Waals surface area contributed by atoms with Gasteiger partial charge in [-0.05, 0) is 70.9 Å². The molecule has 4 rings (SSSR count). The van der Waals surface area contributed by atoms with Gasteiger partial charge in [-0.3, -0.25) is 9.69 Å². The largest absolute Gasteiger partial charge is 0.496 e. The molecule has 1 aliphatic heterocycles. The Bertz CT molecular complexity index is 1010. The highest BCUT2D eigenvalue weighted by atomic mass is 79.9. The third-order valence-electron chi connectivity index (χ3n) is 5.83. The number of nitrogens with one attached hydrogen (secondary N) is 1. The fourth-order valence-corrected chi connectivity index (χ4v) is 4.62. The Morgan fingerprint density at radius 1 is 1.07 bits per heavy atom. The van der Waals surface area contributed by atoms with Gasteiger partial charge in [0.2, 0.25) is 0 Å². The Labute approximate surface area is 178 Å². The van der Waals surface area contributed by atoms with Crippen LogP contribution in [0.3, 0.4) is 0 Å². The topological polar surface area (TPSA) is 67.9 Å². The number of hydrogen-bond donors (Lipinski definition) is 1. The summed E-state index contributed by atoms with van der Waals surface area (Å²) in [7, 11) is 3.12. The smallest absolute Gasteiger partial charge is 0.325 e. The molecule has 0 aromatic heterocycles. The molecule has 1 fully saturated rings. The number of amides is 3. The van der Waals surface area contributed by atoms with Crippen molar-refractivity contribution in [2.24, 2.45) is 0 Å². The summed E-state index contributed by atoms with van der Waals surface area (Å²) in [4.78, 5) is 27.3. The Morgan fingerprint density at radius 3 is 2.52 bits per heavy atom. The summed E-state index contributed by atoms with van der Waals surface area (Å²) in [6.45, 7) is 1.86. The first kappa shape index (κ1) is 19.8. The molecule has 0 spiro atoms. The second-order valence-electron chi connectivity index (χ2n) is 7.58. The summed E-state index contributed by atoms with van der Waals surface area (Å²) in [5.74, 6) is 0.906. The number of hydrogen-bond acceptors (Lipinski definition) is 4. The van der Waals surface area contributed by atoms with Crippen LogP contribution in [-0.2, 0) is 29.7 Å². The summed E-state index contributed by atoms with van der Waals surface area (Å²) in [6.07, 6.45) is 3.22. The summed E-state index contributed by atoms with van der Waals surface area (Å²) < 4.78 is 11.5. The third-order valence-corrected chi connectivity index (χ3v) is 6.45. The first-order chi connectivity index (χ1) is 13.9. The fourth-order valence-electron chi connectivity index (χ4n) is 4.14. The average Bonchev–Trinajstić information content (AvgIpc) is 3.27. The number of carbonyl (C=O) groups is 2. The number of rotatable bonds is 5. The predicted octanol–water partition coefficient (Wildman–Crippen LogP) is 3.92. The molecule has 2 aromatic carbocycles. The van der Waals surface area contributed by atoms with Crippen LogP contribution in [0.4, 0.5) is 4.79 Å². The Kier molecular flexibility index (Phi) is 5.02. The number of aryl methyl sites for hydroxylation is 2. The van der Waals surface area contributed by atoms with E-state index >= 15 is 0 Å². The van der Waals surface area contributed by atoms with Crippen molar-refractivity contribution in [3.05, 3.63) is 57.1 Å². The molecule has 1 atom stereocenters. The summed E-state index contributed by atoms with van der Waals surface area (Å²) in [5, 5.41) is 2.89. The number of nitrogens with zero attached hydrogens (tertiary/aromatic N) is 1. The zero-order valence-corrected chi connectivity index (χ0v) is 18.3. The zero-order valence-electron chi connectivity index (χ0n) is 16.7. The van der Waals surface area contributed by atoms with Gasteiger partial charge in [0, 0.05) is 5.56 Å². The van der Waals surface area contributed by atoms with E-state index in [0.29, 0.717) is 17.1 Å². The van der Waals surface area contributed by atoms with Gasteiger partial charge >= 0.3 is 6.03 Å². The van der Waals surface area contributed by atoms with Crippen molar-refractivity contribution in [2.45, 2.75) is 38.3 Å². The van der Waals surface area contributed by atoms with E-state index in [0.717, 1.165) is 29.3 Å². The lowest BCUT2D eigenvalue weighted by molar-refractivity contribution is -0.131. The van der Waals surface area contributed by atoms with E-state index in [2.05, 4.69) is 33.4 Å². The zero-order chi connectivity index (χ0) is 20.8. The van der Waals surface area contributed by atoms with Gasteiger partial charge in [0.25, 0.3) is 5.91 Å². The van der Waals surface area contributed by atoms with E-state index in [1.165, 1.54) is 16.0 Å². The van der Waals surface area contributed by atoms with Crippen molar-refractivity contribution in [3.63, 3.8) is 0 Å². The second-order valence-corrected chi connectivity index (χ2v) is 8.44. The van der Waals surface area contributed by atoms with Gasteiger partial charge < -0.3 is 14.8 Å². The molecule has 0 bridgehead atoms. The molecule has 6 nitrogen and oxygen atoms in total. The van der Waals surface area contributed by atoms with Crippen LogP contribution < -0.4 is 14.8 Å². The minimum atomic E-state index is -1.08. The quantitative estimate of drug-likeness (QED) is 0.689. The number of halogens is 1. The van der Waals surface area contributed by atoms with Crippen LogP contribution in [0, 0.1) is 0 Å². The lowest BCUT2D eigenvalue weighted by Gasteiger charge is -2.23. The maximum atomic E-state index is 13.3. The SMILES string of the molecule is COc1cc(CN2C(=O)N[C@@](C)(c3ccc4c(c3)CCC4)C2=O)c(OC)cc1Br. The van der Waals surface area contributed by atoms with Crippen LogP contribution in [0.5, 0.6) is 11.5 Å². The number of ether oxygens (including phenoxy) is 2. The van der Waals surface area contributed by atoms with Gasteiger partial charge in [-0.15, -0.1) is 0 Å². The Balaban J connectivity index is 1.65. The van der Waals surface area contributed by atoms with Crippen LogP contribution in [-0.4, -0.2) is 31.1 Å². The van der Waals surface area contributed by atoms with Crippen LogP contribution in [0.25, 0.3) is 0 Å². The molecule has 152 valence electrons. The summed E-state index contributed by atoms with van der Waals surface area (Å²) >= 11 is 3.43. The number of fused-ring (bicyclic) bond motifs is 1. The highest BCUT2D eigenvalue weighted by Crippen LogP contribution is 2.36. The average molecular weight is 459 g/mol. The lowest BCUT2D eigenvalue weighted by Crippen LogP contribution is -2.41. The van der Waals surface area contributed by atoms with Gasteiger partial charge in [0.1, 0.15) is 17.0 Å². The molecule has 1 heterocycles. The Morgan fingerprint density at radius 2 is 1.79 bits per heavy atom. The van der Waals surface area contributed by atoms with Gasteiger partial charge in [-0.2, -0.15) is 0 Å². The molecule has 1 N–H and O–H groups in total. The van der Waals surface area contributed by atoms with E-state index in [9.17, 15) is 9.59 Å². The van der Waals surface area contributed by atoms with Gasteiger partial charge in [0.15, 0.2) is 0 Å². The molecule has 0 unspecified atom stereocenters. The summed E-state index contributed by atoms with van der Waals surface area (Å²) in [6, 6.07) is 9.22. The molecular formula is C22H23BrN2O4. The maximum Gasteiger partial charge on any atom is 0.325 e. The van der Waals surface area contributed by atoms with Gasteiger partial charge in [-0.1, -0.05) is 18.2 Å². The lowest BCUT2D eigenvalue weighted by atomic mass is 9.89. The first-order valence-electron chi connectivity index (χ1n) is 9.54. The molecule has 2 aromatic rings. The van der Waals surface area contributed by atoms with Crippen molar-refractivity contribution >= 4 is 27.9 Å². The molecule has 2 aliphatic rings. The van der Waals surface area contributed by atoms with Crippen molar-refractivity contribution in [1.82, 2.24) is 10.2 Å². The molecule has 1 saturated heterocycles. The van der Waals surface area contributed by atoms with E-state index in [4.69, 9.17) is 9.47 Å². The number of benzene rings is 2. The highest BCUT2D eigenvalue weighted by Gasteiger charge is 2.49. The van der Waals surface area contributed by atoms with Crippen LogP contribution in [0.1, 0.15) is 35.6 Å². The highest BCUT2D eigenvalue weighted by molar-refractivity contribution is 9.10.